The van der Waals surface area contributed by atoms with Gasteiger partial charge in [0.1, 0.15) is 19.5 Å². The van der Waals surface area contributed by atoms with E-state index in [1.54, 1.807) is 12.1 Å². The van der Waals surface area contributed by atoms with Gasteiger partial charge in [-0.3, -0.25) is 4.72 Å². The standard InChI is InChI=1S/C20H23BrN6O5S/c1-3-8-26-33(28,29)27-18-17(14-4-6-15(21)7-5-14)19(25-13-24-18)31-9-10-32-20-22-11-16(30-2)12-23-20/h4-7,11-13,26H,3,8-10H2,1-2H3,(H,24,25,27). The molecule has 11 nitrogen and oxygen atoms in total. The van der Waals surface area contributed by atoms with Gasteiger partial charge in [-0.25, -0.2) is 9.97 Å². The number of nitrogens with one attached hydrogen (secondary N) is 2. The molecule has 0 bridgehead atoms. The van der Waals surface area contributed by atoms with Gasteiger partial charge in [0.15, 0.2) is 11.6 Å². The number of hydrogen-bond acceptors (Lipinski definition) is 9. The second-order valence-electron chi connectivity index (χ2n) is 6.51. The number of methoxy groups -OCH3 is 1. The molecule has 0 amide bonds. The zero-order valence-electron chi connectivity index (χ0n) is 18.0. The normalized spacial score (nSPS) is 11.1. The lowest BCUT2D eigenvalue weighted by atomic mass is 10.1. The molecule has 0 aliphatic heterocycles. The molecule has 1 aromatic carbocycles. The van der Waals surface area contributed by atoms with Crippen LogP contribution in [0.4, 0.5) is 5.82 Å². The van der Waals surface area contributed by atoms with Gasteiger partial charge in [0.05, 0.1) is 25.1 Å². The topological polar surface area (TPSA) is 137 Å². The van der Waals surface area contributed by atoms with Crippen molar-refractivity contribution in [3.05, 3.63) is 47.5 Å². The van der Waals surface area contributed by atoms with E-state index in [9.17, 15) is 8.42 Å². The minimum atomic E-state index is -3.83. The van der Waals surface area contributed by atoms with Crippen molar-refractivity contribution >= 4 is 32.0 Å². The highest BCUT2D eigenvalue weighted by atomic mass is 79.9. The summed E-state index contributed by atoms with van der Waals surface area (Å²) in [7, 11) is -2.31. The minimum absolute atomic E-state index is 0.0883. The van der Waals surface area contributed by atoms with Crippen molar-refractivity contribution in [2.24, 2.45) is 0 Å². The molecule has 0 aliphatic carbocycles. The third-order valence-corrected chi connectivity index (χ3v) is 5.69. The molecule has 0 aliphatic rings. The molecule has 0 radical (unpaired) electrons. The molecule has 0 saturated carbocycles. The largest absolute Gasteiger partial charge is 0.494 e. The Balaban J connectivity index is 1.78. The van der Waals surface area contributed by atoms with Crippen LogP contribution in [0.25, 0.3) is 11.1 Å². The SMILES string of the molecule is CCCNS(=O)(=O)Nc1ncnc(OCCOc2ncc(OC)cn2)c1-c1ccc(Br)cc1. The quantitative estimate of drug-likeness (QED) is 0.333. The number of aromatic nitrogens is 4. The third-order valence-electron chi connectivity index (χ3n) is 4.11. The van der Waals surface area contributed by atoms with Gasteiger partial charge in [-0.15, -0.1) is 0 Å². The van der Waals surface area contributed by atoms with Gasteiger partial charge in [-0.05, 0) is 24.1 Å². The van der Waals surface area contributed by atoms with Gasteiger partial charge in [-0.2, -0.15) is 23.1 Å². The Morgan fingerprint density at radius 3 is 2.36 bits per heavy atom. The molecule has 2 N–H and O–H groups in total. The summed E-state index contributed by atoms with van der Waals surface area (Å²) in [5.74, 6) is 0.798. The van der Waals surface area contributed by atoms with Crippen molar-refractivity contribution < 1.29 is 22.6 Å². The van der Waals surface area contributed by atoms with E-state index in [0.29, 0.717) is 29.8 Å². The summed E-state index contributed by atoms with van der Waals surface area (Å²) in [4.78, 5) is 16.4. The highest BCUT2D eigenvalue weighted by molar-refractivity contribution is 9.10. The summed E-state index contributed by atoms with van der Waals surface area (Å²) >= 11 is 3.39. The fraction of sp³-hybridized carbons (Fsp3) is 0.300. The van der Waals surface area contributed by atoms with Crippen LogP contribution in [-0.2, 0) is 10.2 Å². The summed E-state index contributed by atoms with van der Waals surface area (Å²) in [5.41, 5.74) is 1.06. The maximum atomic E-state index is 12.4. The summed E-state index contributed by atoms with van der Waals surface area (Å²) in [6.07, 6.45) is 4.85. The van der Waals surface area contributed by atoms with E-state index in [-0.39, 0.29) is 30.9 Å². The Bertz CT molecular complexity index is 1150. The highest BCUT2D eigenvalue weighted by Crippen LogP contribution is 2.34. The first kappa shape index (κ1) is 24.6. The molecule has 0 unspecified atom stereocenters. The molecule has 3 aromatic rings. The fourth-order valence-corrected chi connectivity index (χ4v) is 3.81. The van der Waals surface area contributed by atoms with E-state index < -0.39 is 10.2 Å². The molecular weight excluding hydrogens is 516 g/mol. The van der Waals surface area contributed by atoms with Gasteiger partial charge in [0.25, 0.3) is 10.2 Å². The first-order valence-electron chi connectivity index (χ1n) is 9.92. The second-order valence-corrected chi connectivity index (χ2v) is 8.93. The molecule has 176 valence electrons. The first-order valence-corrected chi connectivity index (χ1v) is 12.2. The molecule has 33 heavy (non-hydrogen) atoms. The van der Waals surface area contributed by atoms with Gasteiger partial charge in [0, 0.05) is 11.0 Å². The van der Waals surface area contributed by atoms with Gasteiger partial charge >= 0.3 is 6.01 Å². The predicted octanol–water partition coefficient (Wildman–Crippen LogP) is 2.82. The average Bonchev–Trinajstić information content (AvgIpc) is 2.81. The monoisotopic (exact) mass is 538 g/mol. The van der Waals surface area contributed by atoms with Gasteiger partial charge < -0.3 is 14.2 Å². The predicted molar refractivity (Wildman–Crippen MR) is 126 cm³/mol. The second kappa shape index (κ2) is 11.7. The van der Waals surface area contributed by atoms with Crippen molar-refractivity contribution in [2.75, 3.05) is 31.6 Å². The van der Waals surface area contributed by atoms with Crippen molar-refractivity contribution in [1.29, 1.82) is 0 Å². The Hall–Kier alpha value is -3.03. The van der Waals surface area contributed by atoms with E-state index in [2.05, 4.69) is 45.3 Å². The zero-order valence-corrected chi connectivity index (χ0v) is 20.4. The van der Waals surface area contributed by atoms with Crippen LogP contribution in [0.2, 0.25) is 0 Å². The number of ether oxygens (including phenoxy) is 3. The maximum Gasteiger partial charge on any atom is 0.316 e. The number of benzene rings is 1. The Morgan fingerprint density at radius 2 is 1.70 bits per heavy atom. The van der Waals surface area contributed by atoms with Crippen LogP contribution in [-0.4, -0.2) is 55.2 Å². The Morgan fingerprint density at radius 1 is 1.00 bits per heavy atom. The molecule has 0 fully saturated rings. The van der Waals surface area contributed by atoms with Crippen LogP contribution in [0.5, 0.6) is 17.6 Å². The molecule has 2 heterocycles. The maximum absolute atomic E-state index is 12.4. The van der Waals surface area contributed by atoms with Crippen LogP contribution >= 0.6 is 15.9 Å². The lowest BCUT2D eigenvalue weighted by Crippen LogP contribution is -2.31. The average molecular weight is 539 g/mol. The summed E-state index contributed by atoms with van der Waals surface area (Å²) in [6.45, 7) is 2.40. The van der Waals surface area contributed by atoms with Crippen molar-refractivity contribution in [2.45, 2.75) is 13.3 Å². The van der Waals surface area contributed by atoms with Crippen LogP contribution in [0, 0.1) is 0 Å². The van der Waals surface area contributed by atoms with Gasteiger partial charge in [0.2, 0.25) is 5.88 Å². The smallest absolute Gasteiger partial charge is 0.316 e. The van der Waals surface area contributed by atoms with Crippen molar-refractivity contribution in [3.8, 4) is 28.8 Å². The van der Waals surface area contributed by atoms with E-state index in [0.717, 1.165) is 4.47 Å². The Kier molecular flexibility index (Phi) is 8.74. The van der Waals surface area contributed by atoms with E-state index in [1.165, 1.54) is 25.8 Å². The lowest BCUT2D eigenvalue weighted by Gasteiger charge is -2.15. The summed E-state index contributed by atoms with van der Waals surface area (Å²) < 4.78 is 46.8. The lowest BCUT2D eigenvalue weighted by molar-refractivity contribution is 0.201. The van der Waals surface area contributed by atoms with Crippen molar-refractivity contribution in [3.63, 3.8) is 0 Å². The number of halogens is 1. The molecule has 2 aromatic heterocycles. The first-order chi connectivity index (χ1) is 15.9. The molecule has 0 saturated heterocycles. The third kappa shape index (κ3) is 7.23. The van der Waals surface area contributed by atoms with Crippen LogP contribution < -0.4 is 23.7 Å². The molecular formula is C20H23BrN6O5S. The molecule has 0 spiro atoms. The highest BCUT2D eigenvalue weighted by Gasteiger charge is 2.19. The number of nitrogens with zero attached hydrogens (tertiary/aromatic N) is 4. The number of rotatable bonds is 12. The van der Waals surface area contributed by atoms with E-state index in [1.807, 2.05) is 19.1 Å². The van der Waals surface area contributed by atoms with Crippen LogP contribution in [0.15, 0.2) is 47.5 Å². The van der Waals surface area contributed by atoms with Crippen LogP contribution in [0.3, 0.4) is 0 Å². The van der Waals surface area contributed by atoms with Crippen molar-refractivity contribution in [1.82, 2.24) is 24.7 Å². The zero-order chi connectivity index (χ0) is 23.7. The van der Waals surface area contributed by atoms with E-state index in [4.69, 9.17) is 14.2 Å². The molecule has 13 heteroatoms. The molecule has 0 atom stereocenters. The summed E-state index contributed by atoms with van der Waals surface area (Å²) in [5, 5.41) is 0. The van der Waals surface area contributed by atoms with Crippen LogP contribution in [0.1, 0.15) is 13.3 Å². The fourth-order valence-electron chi connectivity index (χ4n) is 2.59. The summed E-state index contributed by atoms with van der Waals surface area (Å²) in [6, 6.07) is 7.42. The number of anilines is 1. The minimum Gasteiger partial charge on any atom is -0.494 e. The molecule has 3 rings (SSSR count). The van der Waals surface area contributed by atoms with Gasteiger partial charge in [-0.1, -0.05) is 35.0 Å². The number of hydrogen-bond donors (Lipinski definition) is 2. The van der Waals surface area contributed by atoms with E-state index >= 15 is 0 Å². The Labute approximate surface area is 200 Å².